The van der Waals surface area contributed by atoms with E-state index in [2.05, 4.69) is 46.8 Å². The fourth-order valence-corrected chi connectivity index (χ4v) is 9.72. The Hall–Kier alpha value is -0.950. The highest BCUT2D eigenvalue weighted by molar-refractivity contribution is 5.75. The number of likely N-dealkylation sites (N-methyl/N-ethyl adjacent to an activating group) is 1. The second kappa shape index (κ2) is 10.9. The topological polar surface area (TPSA) is 89.8 Å². The first-order chi connectivity index (χ1) is 17.3. The Labute approximate surface area is 225 Å². The molecule has 4 rings (SSSR count). The van der Waals surface area contributed by atoms with Gasteiger partial charge in [0.25, 0.3) is 0 Å². The predicted octanol–water partition coefficient (Wildman–Crippen LogP) is 3.74. The van der Waals surface area contributed by atoms with Crippen LogP contribution in [0.2, 0.25) is 0 Å². The van der Waals surface area contributed by atoms with Crippen LogP contribution >= 0.6 is 0 Å². The number of aliphatic hydroxyl groups excluding tert-OH is 3. The molecule has 4 unspecified atom stereocenters. The lowest BCUT2D eigenvalue weighted by Gasteiger charge is -2.63. The lowest BCUT2D eigenvalue weighted by molar-refractivity contribution is -0.883. The van der Waals surface area contributed by atoms with Crippen LogP contribution in [0.3, 0.4) is 0 Å². The summed E-state index contributed by atoms with van der Waals surface area (Å²) in [6.45, 7) is 13.2. The number of quaternary nitrogens is 1. The summed E-state index contributed by atoms with van der Waals surface area (Å²) in [5.41, 5.74) is -0.103. The van der Waals surface area contributed by atoms with E-state index in [-0.39, 0.29) is 41.0 Å². The van der Waals surface area contributed by atoms with E-state index in [1.165, 1.54) is 0 Å². The first-order valence-corrected chi connectivity index (χ1v) is 15.1. The SMILES string of the molecule is C=CC[N+](C)(C)CCNC(=O)CC[C@@H](C)[C@H]1CCC2C3C(C[C@H](O)[C@@]21C)[C@@]1(C)CC[C@@H](O)CC1C[C@H]3O. The molecular formula is C31H55N2O4+. The van der Waals surface area contributed by atoms with Gasteiger partial charge in [-0.1, -0.05) is 27.4 Å². The summed E-state index contributed by atoms with van der Waals surface area (Å²) in [6, 6.07) is 0. The molecule has 0 heterocycles. The van der Waals surface area contributed by atoms with Gasteiger partial charge in [-0.2, -0.15) is 0 Å². The van der Waals surface area contributed by atoms with Gasteiger partial charge >= 0.3 is 0 Å². The molecule has 4 N–H and O–H groups in total. The molecule has 4 aliphatic rings. The van der Waals surface area contributed by atoms with Crippen molar-refractivity contribution < 1.29 is 24.6 Å². The summed E-state index contributed by atoms with van der Waals surface area (Å²) in [4.78, 5) is 12.6. The van der Waals surface area contributed by atoms with E-state index in [1.807, 2.05) is 6.08 Å². The molecule has 0 aromatic carbocycles. The van der Waals surface area contributed by atoms with Gasteiger partial charge in [0.2, 0.25) is 5.91 Å². The van der Waals surface area contributed by atoms with Gasteiger partial charge in [-0.15, -0.1) is 0 Å². The van der Waals surface area contributed by atoms with E-state index < -0.39 is 0 Å². The summed E-state index contributed by atoms with van der Waals surface area (Å²) in [7, 11) is 4.29. The van der Waals surface area contributed by atoms with E-state index in [9.17, 15) is 20.1 Å². The van der Waals surface area contributed by atoms with E-state index >= 15 is 0 Å². The number of rotatable bonds is 9. The third-order valence-electron chi connectivity index (χ3n) is 12.0. The number of nitrogens with one attached hydrogen (secondary N) is 1. The lowest BCUT2D eigenvalue weighted by Crippen LogP contribution is -2.62. The molecule has 6 heteroatoms. The largest absolute Gasteiger partial charge is 0.393 e. The summed E-state index contributed by atoms with van der Waals surface area (Å²) in [5, 5.41) is 36.6. The van der Waals surface area contributed by atoms with Crippen LogP contribution in [0.4, 0.5) is 0 Å². The highest BCUT2D eigenvalue weighted by Crippen LogP contribution is 2.68. The number of carbonyl (C=O) groups excluding carboxylic acids is 1. The van der Waals surface area contributed by atoms with Gasteiger partial charge in [0.05, 0.1) is 52.0 Å². The van der Waals surface area contributed by atoms with Crippen molar-refractivity contribution in [2.24, 2.45) is 46.3 Å². The second-order valence-corrected chi connectivity index (χ2v) is 14.5. The Morgan fingerprint density at radius 1 is 1.11 bits per heavy atom. The van der Waals surface area contributed by atoms with Gasteiger partial charge in [0.1, 0.15) is 0 Å². The highest BCUT2D eigenvalue weighted by atomic mass is 16.3. The van der Waals surface area contributed by atoms with Gasteiger partial charge in [0.15, 0.2) is 0 Å². The molecule has 212 valence electrons. The minimum absolute atomic E-state index is 0.103. The minimum Gasteiger partial charge on any atom is -0.393 e. The van der Waals surface area contributed by atoms with Crippen LogP contribution in [0.25, 0.3) is 0 Å². The van der Waals surface area contributed by atoms with Crippen LogP contribution in [0, 0.1) is 46.3 Å². The second-order valence-electron chi connectivity index (χ2n) is 14.5. The number of aliphatic hydroxyl groups is 3. The highest BCUT2D eigenvalue weighted by Gasteiger charge is 2.65. The Morgan fingerprint density at radius 3 is 2.54 bits per heavy atom. The molecule has 0 radical (unpaired) electrons. The molecule has 0 bridgehead atoms. The van der Waals surface area contributed by atoms with Gasteiger partial charge in [0, 0.05) is 6.42 Å². The predicted molar refractivity (Wildman–Crippen MR) is 147 cm³/mol. The Bertz CT molecular complexity index is 832. The average molecular weight is 520 g/mol. The zero-order valence-corrected chi connectivity index (χ0v) is 24.2. The number of fused-ring (bicyclic) bond motifs is 5. The number of nitrogens with zero attached hydrogens (tertiary/aromatic N) is 1. The molecule has 6 nitrogen and oxygen atoms in total. The molecule has 4 fully saturated rings. The molecule has 0 aromatic rings. The lowest BCUT2D eigenvalue weighted by atomic mass is 9.43. The van der Waals surface area contributed by atoms with E-state index in [0.29, 0.717) is 42.6 Å². The standard InChI is InChI=1S/C31H54N2O4/c1-7-15-33(5,6)16-14-32-28(37)11-8-20(2)23-9-10-24-29-25(19-27(36)31(23,24)4)30(3)13-12-22(34)17-21(30)18-26(29)35/h7,20-27,29,34-36H,1,8-19H2,2-6H3/p+1/t20-,21?,22-,23-,24?,25?,26-,27+,29?,30+,31-/m1/s1. The molecule has 0 aliphatic heterocycles. The quantitative estimate of drug-likeness (QED) is 0.276. The maximum atomic E-state index is 12.6. The number of hydrogen-bond acceptors (Lipinski definition) is 4. The molecule has 0 saturated heterocycles. The number of amides is 1. The Kier molecular flexibility index (Phi) is 8.56. The monoisotopic (exact) mass is 519 g/mol. The number of carbonyl (C=O) groups is 1. The Morgan fingerprint density at radius 2 is 1.84 bits per heavy atom. The van der Waals surface area contributed by atoms with Gasteiger partial charge < -0.3 is 25.1 Å². The first-order valence-electron chi connectivity index (χ1n) is 15.1. The molecule has 0 spiro atoms. The fourth-order valence-electron chi connectivity index (χ4n) is 9.72. The van der Waals surface area contributed by atoms with Crippen LogP contribution in [-0.2, 0) is 4.79 Å². The summed E-state index contributed by atoms with van der Waals surface area (Å²) >= 11 is 0. The van der Waals surface area contributed by atoms with Crippen molar-refractivity contribution in [2.75, 3.05) is 33.7 Å². The summed E-state index contributed by atoms with van der Waals surface area (Å²) in [5.74, 6) is 2.08. The van der Waals surface area contributed by atoms with Crippen LogP contribution < -0.4 is 5.32 Å². The van der Waals surface area contributed by atoms with Crippen molar-refractivity contribution in [3.63, 3.8) is 0 Å². The van der Waals surface area contributed by atoms with E-state index in [1.54, 1.807) is 0 Å². The molecule has 11 atom stereocenters. The summed E-state index contributed by atoms with van der Waals surface area (Å²) in [6.07, 6.45) is 8.66. The van der Waals surface area contributed by atoms with Crippen molar-refractivity contribution in [1.82, 2.24) is 5.32 Å². The van der Waals surface area contributed by atoms with Crippen LogP contribution in [0.5, 0.6) is 0 Å². The van der Waals surface area contributed by atoms with Gasteiger partial charge in [-0.25, -0.2) is 0 Å². The van der Waals surface area contributed by atoms with Gasteiger partial charge in [-0.05, 0) is 104 Å². The van der Waals surface area contributed by atoms with Crippen LogP contribution in [-0.4, -0.2) is 77.8 Å². The van der Waals surface area contributed by atoms with Crippen molar-refractivity contribution in [3.8, 4) is 0 Å². The minimum atomic E-state index is -0.373. The van der Waals surface area contributed by atoms with Gasteiger partial charge in [-0.3, -0.25) is 4.79 Å². The molecule has 4 saturated carbocycles. The molecule has 1 amide bonds. The van der Waals surface area contributed by atoms with Crippen molar-refractivity contribution in [2.45, 2.75) is 96.9 Å². The van der Waals surface area contributed by atoms with E-state index in [4.69, 9.17) is 0 Å². The zero-order chi connectivity index (χ0) is 27.2. The first kappa shape index (κ1) is 29.0. The normalized spacial score (nSPS) is 44.3. The molecule has 4 aliphatic carbocycles. The van der Waals surface area contributed by atoms with Crippen LogP contribution in [0.1, 0.15) is 78.6 Å². The van der Waals surface area contributed by atoms with Crippen LogP contribution in [0.15, 0.2) is 12.7 Å². The third-order valence-corrected chi connectivity index (χ3v) is 12.0. The fraction of sp³-hybridized carbons (Fsp3) is 0.903. The third kappa shape index (κ3) is 5.42. The average Bonchev–Trinajstić information content (AvgIpc) is 3.17. The summed E-state index contributed by atoms with van der Waals surface area (Å²) < 4.78 is 0.814. The molecule has 0 aromatic heterocycles. The maximum Gasteiger partial charge on any atom is 0.220 e. The maximum absolute atomic E-state index is 12.6. The molecular weight excluding hydrogens is 464 g/mol. The zero-order valence-electron chi connectivity index (χ0n) is 24.2. The van der Waals surface area contributed by atoms with Crippen molar-refractivity contribution >= 4 is 5.91 Å². The van der Waals surface area contributed by atoms with Crippen molar-refractivity contribution in [3.05, 3.63) is 12.7 Å². The Balaban J connectivity index is 1.38. The van der Waals surface area contributed by atoms with Crippen molar-refractivity contribution in [1.29, 1.82) is 0 Å². The smallest absolute Gasteiger partial charge is 0.220 e. The van der Waals surface area contributed by atoms with E-state index in [0.717, 1.165) is 68.9 Å². The number of hydrogen-bond donors (Lipinski definition) is 4. The molecule has 37 heavy (non-hydrogen) atoms.